The standard InChI is InChI=1S/C13H14N4O3S/c1-8(17-7-14-6-15-17)12(18)16-4-2-10-9(3-5-21-10)11(16)13(19)20/h3,5-8,11H,2,4H2,1H3,(H,19,20). The summed E-state index contributed by atoms with van der Waals surface area (Å²) >= 11 is 1.54. The molecule has 2 atom stereocenters. The van der Waals surface area contributed by atoms with E-state index in [1.165, 1.54) is 33.6 Å². The van der Waals surface area contributed by atoms with Gasteiger partial charge in [0.25, 0.3) is 0 Å². The Kier molecular flexibility index (Phi) is 3.46. The molecule has 2 aromatic heterocycles. The third-order valence-corrected chi connectivity index (χ3v) is 4.67. The number of thiophene rings is 1. The number of nitrogens with zero attached hydrogens (tertiary/aromatic N) is 4. The van der Waals surface area contributed by atoms with Crippen LogP contribution in [0.5, 0.6) is 0 Å². The number of aliphatic carboxylic acids is 1. The summed E-state index contributed by atoms with van der Waals surface area (Å²) < 4.78 is 1.43. The maximum atomic E-state index is 12.6. The Morgan fingerprint density at radius 3 is 3.00 bits per heavy atom. The Bertz CT molecular complexity index is 667. The molecule has 0 aromatic carbocycles. The molecular weight excluding hydrogens is 292 g/mol. The van der Waals surface area contributed by atoms with Gasteiger partial charge < -0.3 is 10.0 Å². The molecule has 0 saturated heterocycles. The molecule has 0 saturated carbocycles. The summed E-state index contributed by atoms with van der Waals surface area (Å²) in [5.41, 5.74) is 0.720. The smallest absolute Gasteiger partial charge is 0.331 e. The van der Waals surface area contributed by atoms with Crippen LogP contribution in [0.3, 0.4) is 0 Å². The van der Waals surface area contributed by atoms with Crippen LogP contribution in [-0.2, 0) is 16.0 Å². The predicted octanol–water partition coefficient (Wildman–Crippen LogP) is 1.11. The Balaban J connectivity index is 1.91. The summed E-state index contributed by atoms with van der Waals surface area (Å²) in [6.07, 6.45) is 3.50. The summed E-state index contributed by atoms with van der Waals surface area (Å²) in [5, 5.41) is 15.3. The van der Waals surface area contributed by atoms with Crippen molar-refractivity contribution in [2.24, 2.45) is 0 Å². The fourth-order valence-corrected chi connectivity index (χ4v) is 3.49. The van der Waals surface area contributed by atoms with Gasteiger partial charge in [-0.2, -0.15) is 5.10 Å². The molecule has 3 rings (SSSR count). The zero-order valence-electron chi connectivity index (χ0n) is 11.3. The van der Waals surface area contributed by atoms with E-state index in [0.29, 0.717) is 13.0 Å². The molecule has 8 heteroatoms. The highest BCUT2D eigenvalue weighted by molar-refractivity contribution is 7.10. The lowest BCUT2D eigenvalue weighted by Gasteiger charge is -2.34. The predicted molar refractivity (Wildman–Crippen MR) is 74.8 cm³/mol. The average molecular weight is 306 g/mol. The molecule has 1 amide bonds. The van der Waals surface area contributed by atoms with Gasteiger partial charge in [0, 0.05) is 11.4 Å². The maximum absolute atomic E-state index is 12.6. The van der Waals surface area contributed by atoms with Gasteiger partial charge in [0.15, 0.2) is 6.04 Å². The number of hydrogen-bond donors (Lipinski definition) is 1. The topological polar surface area (TPSA) is 88.3 Å². The van der Waals surface area contributed by atoms with Crippen LogP contribution in [0.1, 0.15) is 29.4 Å². The minimum atomic E-state index is -1.01. The molecule has 0 radical (unpaired) electrons. The van der Waals surface area contributed by atoms with Gasteiger partial charge in [-0.15, -0.1) is 11.3 Å². The lowest BCUT2D eigenvalue weighted by molar-refractivity contribution is -0.152. The summed E-state index contributed by atoms with van der Waals surface area (Å²) in [4.78, 5) is 30.5. The second kappa shape index (κ2) is 5.28. The Morgan fingerprint density at radius 1 is 1.52 bits per heavy atom. The van der Waals surface area contributed by atoms with Crippen molar-refractivity contribution >= 4 is 23.2 Å². The van der Waals surface area contributed by atoms with Crippen LogP contribution in [0, 0.1) is 0 Å². The van der Waals surface area contributed by atoms with Gasteiger partial charge in [-0.3, -0.25) is 4.79 Å². The molecule has 1 aliphatic heterocycles. The molecule has 0 bridgehead atoms. The second-order valence-corrected chi connectivity index (χ2v) is 5.87. The van der Waals surface area contributed by atoms with Crippen molar-refractivity contribution < 1.29 is 14.7 Å². The van der Waals surface area contributed by atoms with E-state index >= 15 is 0 Å². The van der Waals surface area contributed by atoms with Crippen LogP contribution in [0.25, 0.3) is 0 Å². The highest BCUT2D eigenvalue weighted by Gasteiger charge is 2.38. The summed E-state index contributed by atoms with van der Waals surface area (Å²) in [6, 6.07) is 0.297. The lowest BCUT2D eigenvalue weighted by Crippen LogP contribution is -2.45. The van der Waals surface area contributed by atoms with E-state index in [2.05, 4.69) is 10.1 Å². The molecule has 1 aliphatic rings. The van der Waals surface area contributed by atoms with E-state index in [-0.39, 0.29) is 5.91 Å². The number of amides is 1. The van der Waals surface area contributed by atoms with E-state index in [0.717, 1.165) is 10.4 Å². The van der Waals surface area contributed by atoms with Crippen molar-refractivity contribution in [2.45, 2.75) is 25.4 Å². The van der Waals surface area contributed by atoms with Crippen LogP contribution in [0.4, 0.5) is 0 Å². The Labute approximate surface area is 124 Å². The van der Waals surface area contributed by atoms with E-state index in [1.807, 2.05) is 5.38 Å². The van der Waals surface area contributed by atoms with Gasteiger partial charge in [0.1, 0.15) is 18.7 Å². The second-order valence-electron chi connectivity index (χ2n) is 4.87. The maximum Gasteiger partial charge on any atom is 0.331 e. The van der Waals surface area contributed by atoms with Crippen molar-refractivity contribution in [3.63, 3.8) is 0 Å². The number of carboxylic acid groups (broad SMARTS) is 1. The number of hydrogen-bond acceptors (Lipinski definition) is 5. The minimum Gasteiger partial charge on any atom is -0.479 e. The first kappa shape index (κ1) is 13.7. The molecule has 110 valence electrons. The third kappa shape index (κ3) is 2.31. The van der Waals surface area contributed by atoms with Crippen LogP contribution in [-0.4, -0.2) is 43.2 Å². The molecule has 2 unspecified atom stereocenters. The molecule has 0 spiro atoms. The van der Waals surface area contributed by atoms with Crippen molar-refractivity contribution in [3.05, 3.63) is 34.5 Å². The largest absolute Gasteiger partial charge is 0.479 e. The highest BCUT2D eigenvalue weighted by Crippen LogP contribution is 2.34. The zero-order chi connectivity index (χ0) is 15.0. The SMILES string of the molecule is CC(C(=O)N1CCc2sccc2C1C(=O)O)n1cncn1. The monoisotopic (exact) mass is 306 g/mol. The van der Waals surface area contributed by atoms with Crippen molar-refractivity contribution in [1.82, 2.24) is 19.7 Å². The van der Waals surface area contributed by atoms with Crippen LogP contribution in [0.2, 0.25) is 0 Å². The first-order valence-corrected chi connectivity index (χ1v) is 7.41. The quantitative estimate of drug-likeness (QED) is 0.917. The minimum absolute atomic E-state index is 0.259. The van der Waals surface area contributed by atoms with Crippen LogP contribution >= 0.6 is 11.3 Å². The van der Waals surface area contributed by atoms with E-state index in [9.17, 15) is 14.7 Å². The Morgan fingerprint density at radius 2 is 2.33 bits per heavy atom. The van der Waals surface area contributed by atoms with Gasteiger partial charge >= 0.3 is 5.97 Å². The summed E-state index contributed by atoms with van der Waals surface area (Å²) in [5.74, 6) is -1.27. The summed E-state index contributed by atoms with van der Waals surface area (Å²) in [6.45, 7) is 2.10. The molecule has 21 heavy (non-hydrogen) atoms. The first-order chi connectivity index (χ1) is 10.1. The fraction of sp³-hybridized carbons (Fsp3) is 0.385. The number of fused-ring (bicyclic) bond motifs is 1. The number of rotatable bonds is 3. The van der Waals surface area contributed by atoms with Gasteiger partial charge in [0.05, 0.1) is 0 Å². The molecule has 0 aliphatic carbocycles. The molecule has 7 nitrogen and oxygen atoms in total. The number of carbonyl (C=O) groups excluding carboxylic acids is 1. The van der Waals surface area contributed by atoms with Crippen LogP contribution in [0.15, 0.2) is 24.1 Å². The number of aromatic nitrogens is 3. The average Bonchev–Trinajstić information content (AvgIpc) is 3.14. The third-order valence-electron chi connectivity index (χ3n) is 3.67. The normalized spacial score (nSPS) is 19.1. The molecule has 3 heterocycles. The lowest BCUT2D eigenvalue weighted by atomic mass is 9.99. The Hall–Kier alpha value is -2.22. The zero-order valence-corrected chi connectivity index (χ0v) is 12.2. The molecule has 1 N–H and O–H groups in total. The molecule has 0 fully saturated rings. The van der Waals surface area contributed by atoms with Gasteiger partial charge in [-0.1, -0.05) is 0 Å². The molecule has 2 aromatic rings. The van der Waals surface area contributed by atoms with Gasteiger partial charge in [-0.05, 0) is 30.4 Å². The van der Waals surface area contributed by atoms with Crippen molar-refractivity contribution in [1.29, 1.82) is 0 Å². The van der Waals surface area contributed by atoms with E-state index < -0.39 is 18.1 Å². The van der Waals surface area contributed by atoms with Crippen LogP contribution < -0.4 is 0 Å². The van der Waals surface area contributed by atoms with E-state index in [4.69, 9.17) is 0 Å². The summed E-state index contributed by atoms with van der Waals surface area (Å²) in [7, 11) is 0. The van der Waals surface area contributed by atoms with Crippen molar-refractivity contribution in [3.8, 4) is 0 Å². The van der Waals surface area contributed by atoms with Gasteiger partial charge in [-0.25, -0.2) is 14.5 Å². The van der Waals surface area contributed by atoms with Crippen molar-refractivity contribution in [2.75, 3.05) is 6.54 Å². The number of carbonyl (C=O) groups is 2. The number of carboxylic acids is 1. The fourth-order valence-electron chi connectivity index (χ4n) is 2.59. The van der Waals surface area contributed by atoms with E-state index in [1.54, 1.807) is 13.0 Å². The highest BCUT2D eigenvalue weighted by atomic mass is 32.1. The first-order valence-electron chi connectivity index (χ1n) is 6.53. The molecular formula is C13H14N4O3S. The van der Waals surface area contributed by atoms with Gasteiger partial charge in [0.2, 0.25) is 5.91 Å².